The molecule has 1 aliphatic heterocycles. The summed E-state index contributed by atoms with van der Waals surface area (Å²) in [6, 6.07) is 0. The van der Waals surface area contributed by atoms with E-state index in [1.807, 2.05) is 0 Å². The maximum atomic E-state index is 12.1. The third kappa shape index (κ3) is 1.53. The van der Waals surface area contributed by atoms with Crippen molar-refractivity contribution in [3.05, 3.63) is 12.2 Å². The summed E-state index contributed by atoms with van der Waals surface area (Å²) in [6.07, 6.45) is 10.2. The largest absolute Gasteiger partial charge is 0.353 e. The molecule has 3 fully saturated rings. The van der Waals surface area contributed by atoms with Crippen molar-refractivity contribution in [3.8, 4) is 0 Å². The molecule has 3 heteroatoms. The maximum Gasteiger partial charge on any atom is 0.157 e. The summed E-state index contributed by atoms with van der Waals surface area (Å²) in [5.74, 6) is 1.57. The van der Waals surface area contributed by atoms with Crippen LogP contribution in [0.25, 0.3) is 0 Å². The molecule has 0 N–H and O–H groups in total. The normalized spacial score (nSPS) is 49.9. The summed E-state index contributed by atoms with van der Waals surface area (Å²) in [6.45, 7) is 0.830. The fourth-order valence-electron chi connectivity index (χ4n) is 4.35. The third-order valence-electron chi connectivity index (χ3n) is 5.23. The summed E-state index contributed by atoms with van der Waals surface area (Å²) in [7, 11) is 0. The molecule has 0 amide bonds. The zero-order valence-electron chi connectivity index (χ0n) is 10.6. The lowest BCUT2D eigenvalue weighted by molar-refractivity contribution is -0.211. The Morgan fingerprint density at radius 1 is 1.06 bits per heavy atom. The lowest BCUT2D eigenvalue weighted by atomic mass is 9.75. The summed E-state index contributed by atoms with van der Waals surface area (Å²) >= 11 is 0. The maximum absolute atomic E-state index is 12.1. The highest BCUT2D eigenvalue weighted by atomic mass is 16.7. The van der Waals surface area contributed by atoms with Crippen molar-refractivity contribution in [2.75, 3.05) is 6.61 Å². The smallest absolute Gasteiger partial charge is 0.157 e. The molecular weight excluding hydrogens is 228 g/mol. The van der Waals surface area contributed by atoms with Crippen LogP contribution in [-0.2, 0) is 14.3 Å². The molecule has 18 heavy (non-hydrogen) atoms. The van der Waals surface area contributed by atoms with Gasteiger partial charge < -0.3 is 9.47 Å². The number of rotatable bonds is 2. The van der Waals surface area contributed by atoms with Crippen LogP contribution in [0.15, 0.2) is 12.2 Å². The second kappa shape index (κ2) is 4.17. The Morgan fingerprint density at radius 2 is 1.78 bits per heavy atom. The van der Waals surface area contributed by atoms with Crippen molar-refractivity contribution in [3.63, 3.8) is 0 Å². The van der Waals surface area contributed by atoms with Gasteiger partial charge in [0.2, 0.25) is 0 Å². The molecule has 4 rings (SSSR count). The highest BCUT2D eigenvalue weighted by Gasteiger charge is 2.55. The highest BCUT2D eigenvalue weighted by Crippen LogP contribution is 2.52. The molecule has 3 nitrogen and oxygen atoms in total. The first kappa shape index (κ1) is 11.2. The van der Waals surface area contributed by atoms with Crippen LogP contribution in [-0.4, -0.2) is 24.8 Å². The predicted molar refractivity (Wildman–Crippen MR) is 65.8 cm³/mol. The number of ketones is 1. The van der Waals surface area contributed by atoms with Crippen LogP contribution in [0.3, 0.4) is 0 Å². The molecule has 98 valence electrons. The fourth-order valence-corrected chi connectivity index (χ4v) is 4.35. The molecule has 0 aromatic heterocycles. The van der Waals surface area contributed by atoms with Gasteiger partial charge in [-0.05, 0) is 43.9 Å². The molecule has 4 bridgehead atoms. The lowest BCUT2D eigenvalue weighted by Gasteiger charge is -2.37. The van der Waals surface area contributed by atoms with E-state index in [9.17, 15) is 4.79 Å². The Bertz CT molecular complexity index is 359. The average molecular weight is 248 g/mol. The quantitative estimate of drug-likeness (QED) is 0.703. The van der Waals surface area contributed by atoms with Crippen molar-refractivity contribution in [1.29, 1.82) is 0 Å². The van der Waals surface area contributed by atoms with Crippen LogP contribution in [0.4, 0.5) is 0 Å². The Balaban J connectivity index is 1.52. The predicted octanol–water partition coefficient (Wildman–Crippen LogP) is 2.31. The SMILES string of the molecule is O=C1C2C=CC1C1CCC2C1OC1CCCCO1. The fraction of sp³-hybridized carbons (Fsp3) is 0.800. The molecule has 4 aliphatic rings. The Labute approximate surface area is 108 Å². The van der Waals surface area contributed by atoms with E-state index < -0.39 is 0 Å². The molecule has 0 aromatic carbocycles. The minimum absolute atomic E-state index is 0.0144. The number of Topliss-reactive ketones (excluding diaryl/α,β-unsaturated/α-hetero) is 1. The summed E-state index contributed by atoms with van der Waals surface area (Å²) < 4.78 is 11.9. The van der Waals surface area contributed by atoms with Crippen molar-refractivity contribution < 1.29 is 14.3 Å². The van der Waals surface area contributed by atoms with Gasteiger partial charge in [-0.3, -0.25) is 4.79 Å². The minimum Gasteiger partial charge on any atom is -0.353 e. The monoisotopic (exact) mass is 248 g/mol. The van der Waals surface area contributed by atoms with E-state index in [0.717, 1.165) is 32.3 Å². The van der Waals surface area contributed by atoms with E-state index in [-0.39, 0.29) is 24.2 Å². The van der Waals surface area contributed by atoms with Crippen LogP contribution in [0, 0.1) is 23.7 Å². The Hall–Kier alpha value is -0.670. The topological polar surface area (TPSA) is 35.5 Å². The number of hydrogen-bond donors (Lipinski definition) is 0. The van der Waals surface area contributed by atoms with Crippen LogP contribution in [0.2, 0.25) is 0 Å². The third-order valence-corrected chi connectivity index (χ3v) is 5.23. The summed E-state index contributed by atoms with van der Waals surface area (Å²) in [5.41, 5.74) is 0. The van der Waals surface area contributed by atoms with Crippen LogP contribution >= 0.6 is 0 Å². The molecular formula is C15H20O3. The van der Waals surface area contributed by atoms with Gasteiger partial charge in [-0.25, -0.2) is 0 Å². The number of carbonyl (C=O) groups is 1. The highest BCUT2D eigenvalue weighted by molar-refractivity contribution is 5.91. The van der Waals surface area contributed by atoms with Gasteiger partial charge in [0.25, 0.3) is 0 Å². The van der Waals surface area contributed by atoms with Crippen molar-refractivity contribution in [1.82, 2.24) is 0 Å². The van der Waals surface area contributed by atoms with Crippen LogP contribution in [0.1, 0.15) is 32.1 Å². The van der Waals surface area contributed by atoms with Gasteiger partial charge in [-0.15, -0.1) is 0 Å². The van der Waals surface area contributed by atoms with Gasteiger partial charge in [0.05, 0.1) is 6.10 Å². The minimum atomic E-state index is -0.0144. The zero-order valence-corrected chi connectivity index (χ0v) is 10.6. The first-order valence-electron chi connectivity index (χ1n) is 7.34. The molecule has 0 spiro atoms. The Morgan fingerprint density at radius 3 is 2.39 bits per heavy atom. The lowest BCUT2D eigenvalue weighted by Crippen LogP contribution is -2.44. The van der Waals surface area contributed by atoms with E-state index in [0.29, 0.717) is 17.6 Å². The van der Waals surface area contributed by atoms with Crippen LogP contribution < -0.4 is 0 Å². The molecule has 3 aliphatic carbocycles. The molecule has 0 aromatic rings. The van der Waals surface area contributed by atoms with Gasteiger partial charge in [-0.1, -0.05) is 12.2 Å². The van der Waals surface area contributed by atoms with E-state index >= 15 is 0 Å². The Kier molecular flexibility index (Phi) is 2.59. The number of carbonyl (C=O) groups excluding carboxylic acids is 1. The first-order chi connectivity index (χ1) is 8.84. The second-order valence-electron chi connectivity index (χ2n) is 6.14. The van der Waals surface area contributed by atoms with E-state index in [4.69, 9.17) is 9.47 Å². The van der Waals surface area contributed by atoms with E-state index in [1.54, 1.807) is 0 Å². The number of allylic oxidation sites excluding steroid dienone is 2. The summed E-state index contributed by atoms with van der Waals surface area (Å²) in [5, 5.41) is 0. The van der Waals surface area contributed by atoms with E-state index in [2.05, 4.69) is 12.2 Å². The van der Waals surface area contributed by atoms with Crippen LogP contribution in [0.5, 0.6) is 0 Å². The standard InChI is InChI=1S/C15H20O3/c16-14-9-4-5-10(14)12-7-6-11(9)15(12)18-13-3-1-2-8-17-13/h4-5,9-13,15H,1-3,6-8H2. The van der Waals surface area contributed by atoms with Gasteiger partial charge in [0, 0.05) is 18.4 Å². The zero-order chi connectivity index (χ0) is 12.1. The number of fused-ring (bicyclic) bond motifs is 6. The van der Waals surface area contributed by atoms with Gasteiger partial charge in [-0.2, -0.15) is 0 Å². The van der Waals surface area contributed by atoms with Crippen molar-refractivity contribution in [2.45, 2.75) is 44.5 Å². The van der Waals surface area contributed by atoms with E-state index in [1.165, 1.54) is 6.42 Å². The molecule has 5 atom stereocenters. The van der Waals surface area contributed by atoms with Gasteiger partial charge in [0.15, 0.2) is 6.29 Å². The van der Waals surface area contributed by atoms with Crippen molar-refractivity contribution >= 4 is 5.78 Å². The van der Waals surface area contributed by atoms with Gasteiger partial charge in [0.1, 0.15) is 5.78 Å². The van der Waals surface area contributed by atoms with Gasteiger partial charge >= 0.3 is 0 Å². The number of hydrogen-bond acceptors (Lipinski definition) is 3. The molecule has 1 heterocycles. The summed E-state index contributed by atoms with van der Waals surface area (Å²) in [4.78, 5) is 12.1. The first-order valence-corrected chi connectivity index (χ1v) is 7.34. The average Bonchev–Trinajstić information content (AvgIpc) is 2.83. The van der Waals surface area contributed by atoms with Crippen molar-refractivity contribution in [2.24, 2.45) is 23.7 Å². The second-order valence-corrected chi connectivity index (χ2v) is 6.14. The number of ether oxygens (including phenoxy) is 2. The molecule has 2 saturated carbocycles. The molecule has 0 radical (unpaired) electrons. The molecule has 1 saturated heterocycles. The molecule has 5 unspecified atom stereocenters.